The Bertz CT molecular complexity index is 29.0. The highest BCUT2D eigenvalue weighted by Gasteiger charge is 1.60. The second-order valence-electron chi connectivity index (χ2n) is 0.253. The summed E-state index contributed by atoms with van der Waals surface area (Å²) in [6, 6.07) is 0. The maximum absolute atomic E-state index is 4.39. The molecule has 0 aliphatic heterocycles. The number of hydrogen-bond donors (Lipinski definition) is 1. The molecular weight excluding hydrogens is 203 g/mol. The molecule has 0 radical (unpaired) electrons. The molecule has 0 bridgehead atoms. The van der Waals surface area contributed by atoms with Crippen LogP contribution in [0.4, 0.5) is 0 Å². The lowest BCUT2D eigenvalue weighted by molar-refractivity contribution is 4.43. The molecule has 0 aliphatic rings. The van der Waals surface area contributed by atoms with E-state index in [4.69, 9.17) is 0 Å². The maximum Gasteiger partial charge on any atom is 0.106 e. The summed E-state index contributed by atoms with van der Waals surface area (Å²) in [5, 5.41) is 0. The van der Waals surface area contributed by atoms with Crippen LogP contribution in [0.1, 0.15) is 0 Å². The maximum atomic E-state index is 4.39. The molecule has 0 unspecified atom stereocenters. The molecule has 0 aromatic rings. The molecule has 0 fully saturated rings. The summed E-state index contributed by atoms with van der Waals surface area (Å²) < 4.78 is 0.664. The van der Waals surface area contributed by atoms with Crippen molar-refractivity contribution in [3.05, 3.63) is 0 Å². The highest BCUT2D eigenvalue weighted by molar-refractivity contribution is 14.1. The molecule has 0 aliphatic carbocycles. The van der Waals surface area contributed by atoms with Gasteiger partial charge in [-0.2, -0.15) is 0 Å². The van der Waals surface area contributed by atoms with E-state index in [1.807, 2.05) is 22.6 Å². The molecule has 0 atom stereocenters. The van der Waals surface area contributed by atoms with Gasteiger partial charge in [0.1, 0.15) is 2.20 Å². The molecule has 0 rings (SSSR count). The highest BCUT2D eigenvalue weighted by Crippen LogP contribution is 1.90. The predicted molar refractivity (Wildman–Crippen MR) is 35.6 cm³/mol. The first-order valence-corrected chi connectivity index (χ1v) is 2.55. The fourth-order valence-electron chi connectivity index (χ4n) is 0. The van der Waals surface area contributed by atoms with Gasteiger partial charge in [0, 0.05) is 0 Å². The van der Waals surface area contributed by atoms with Crippen molar-refractivity contribution < 1.29 is 0 Å². The number of thiocarbonyl (C=S) groups is 1. The average molecular weight is 204 g/mol. The van der Waals surface area contributed by atoms with E-state index in [0.29, 0.717) is 2.20 Å². The molecule has 0 nitrogen and oxygen atoms in total. The van der Waals surface area contributed by atoms with E-state index in [0.717, 1.165) is 0 Å². The Labute approximate surface area is 49.5 Å². The zero-order valence-corrected chi connectivity index (χ0v) is 5.60. The van der Waals surface area contributed by atoms with Gasteiger partial charge in [-0.15, -0.1) is 12.6 Å². The molecule has 0 spiro atoms. The Kier molecular flexibility index (Phi) is 3.11. The minimum absolute atomic E-state index is 0.664. The fraction of sp³-hybridized carbons (Fsp3) is 0. The Morgan fingerprint density at radius 2 is 2.00 bits per heavy atom. The summed E-state index contributed by atoms with van der Waals surface area (Å²) in [4.78, 5) is 0. The standard InChI is InChI=1S/CHIS2/c2-1(3)4/h(H,3,4). The Morgan fingerprint density at radius 3 is 2.00 bits per heavy atom. The summed E-state index contributed by atoms with van der Waals surface area (Å²) in [6.07, 6.45) is 0. The van der Waals surface area contributed by atoms with E-state index < -0.39 is 0 Å². The minimum atomic E-state index is 0.664. The summed E-state index contributed by atoms with van der Waals surface area (Å²) in [5.74, 6) is 0. The summed E-state index contributed by atoms with van der Waals surface area (Å²) in [7, 11) is 0. The third kappa shape index (κ3) is 10.9. The van der Waals surface area contributed by atoms with Crippen LogP contribution in [0.2, 0.25) is 0 Å². The van der Waals surface area contributed by atoms with Crippen LogP contribution in [-0.2, 0) is 0 Å². The largest absolute Gasteiger partial charge is 0.126 e. The molecule has 0 saturated heterocycles. The molecule has 0 N–H and O–H groups in total. The van der Waals surface area contributed by atoms with Gasteiger partial charge in [0.05, 0.1) is 0 Å². The van der Waals surface area contributed by atoms with Crippen molar-refractivity contribution in [3.63, 3.8) is 0 Å². The van der Waals surface area contributed by atoms with Gasteiger partial charge in [-0.3, -0.25) is 0 Å². The fourth-order valence-corrected chi connectivity index (χ4v) is 0. The zero-order chi connectivity index (χ0) is 3.58. The number of hydrogen-bond acceptors (Lipinski definition) is 1. The van der Waals surface area contributed by atoms with Crippen LogP contribution in [-0.4, -0.2) is 2.20 Å². The Hall–Kier alpha value is 1.17. The molecule has 0 heterocycles. The lowest BCUT2D eigenvalue weighted by Gasteiger charge is -1.57. The monoisotopic (exact) mass is 204 g/mol. The Morgan fingerprint density at radius 1 is 2.00 bits per heavy atom. The zero-order valence-electron chi connectivity index (χ0n) is 1.73. The van der Waals surface area contributed by atoms with E-state index in [1.54, 1.807) is 0 Å². The van der Waals surface area contributed by atoms with Crippen molar-refractivity contribution in [2.75, 3.05) is 0 Å². The van der Waals surface area contributed by atoms with Gasteiger partial charge in [-0.05, 0) is 22.6 Å². The van der Waals surface area contributed by atoms with Gasteiger partial charge in [0.2, 0.25) is 0 Å². The van der Waals surface area contributed by atoms with Crippen molar-refractivity contribution in [3.8, 4) is 0 Å². The van der Waals surface area contributed by atoms with E-state index >= 15 is 0 Å². The first kappa shape index (κ1) is 5.17. The van der Waals surface area contributed by atoms with Gasteiger partial charge in [0.15, 0.2) is 0 Å². The third-order valence-electron chi connectivity index (χ3n) is 0. The van der Waals surface area contributed by atoms with Gasteiger partial charge < -0.3 is 0 Å². The quantitative estimate of drug-likeness (QED) is 0.271. The number of rotatable bonds is 0. The van der Waals surface area contributed by atoms with Crippen LogP contribution in [0.5, 0.6) is 0 Å². The van der Waals surface area contributed by atoms with E-state index in [9.17, 15) is 0 Å². The highest BCUT2D eigenvalue weighted by atomic mass is 127. The van der Waals surface area contributed by atoms with Crippen LogP contribution in [0.15, 0.2) is 0 Å². The van der Waals surface area contributed by atoms with Gasteiger partial charge >= 0.3 is 0 Å². The summed E-state index contributed by atoms with van der Waals surface area (Å²) >= 11 is 10.0. The number of halogens is 1. The number of thiol groups is 1. The summed E-state index contributed by atoms with van der Waals surface area (Å²) in [6.45, 7) is 0. The van der Waals surface area contributed by atoms with Crippen LogP contribution < -0.4 is 0 Å². The molecule has 3 heteroatoms. The lowest BCUT2D eigenvalue weighted by atomic mass is 11.9. The molecular formula is CHIS2. The van der Waals surface area contributed by atoms with Crippen LogP contribution in [0.25, 0.3) is 0 Å². The average Bonchev–Trinajstić information content (AvgIpc) is 0.811. The van der Waals surface area contributed by atoms with Gasteiger partial charge in [-0.25, -0.2) is 0 Å². The molecule has 0 saturated carbocycles. The van der Waals surface area contributed by atoms with Crippen molar-refractivity contribution >= 4 is 49.6 Å². The van der Waals surface area contributed by atoms with Crippen LogP contribution >= 0.6 is 47.4 Å². The van der Waals surface area contributed by atoms with Crippen LogP contribution in [0, 0.1) is 0 Å². The molecule has 0 aromatic heterocycles. The van der Waals surface area contributed by atoms with Gasteiger partial charge in [0.25, 0.3) is 0 Å². The first-order valence-electron chi connectivity index (χ1n) is 0.617. The second kappa shape index (κ2) is 2.41. The Balaban J connectivity index is 2.80. The van der Waals surface area contributed by atoms with E-state index in [1.165, 1.54) is 0 Å². The first-order chi connectivity index (χ1) is 1.73. The van der Waals surface area contributed by atoms with Crippen molar-refractivity contribution in [2.24, 2.45) is 0 Å². The summed E-state index contributed by atoms with van der Waals surface area (Å²) in [5.41, 5.74) is 0. The van der Waals surface area contributed by atoms with Crippen molar-refractivity contribution in [2.45, 2.75) is 0 Å². The molecule has 0 aromatic carbocycles. The molecule has 24 valence electrons. The van der Waals surface area contributed by atoms with Crippen molar-refractivity contribution in [1.29, 1.82) is 0 Å². The second-order valence-corrected chi connectivity index (χ2v) is 4.08. The normalized spacial score (nSPS) is 6.50. The van der Waals surface area contributed by atoms with E-state index in [-0.39, 0.29) is 0 Å². The predicted octanol–water partition coefficient (Wildman–Crippen LogP) is 1.64. The smallest absolute Gasteiger partial charge is 0.106 e. The minimum Gasteiger partial charge on any atom is -0.126 e. The van der Waals surface area contributed by atoms with Crippen molar-refractivity contribution in [1.82, 2.24) is 0 Å². The molecule has 4 heavy (non-hydrogen) atoms. The SMILES string of the molecule is S=C(S)I. The topological polar surface area (TPSA) is 0 Å². The van der Waals surface area contributed by atoms with Gasteiger partial charge in [-0.1, -0.05) is 12.2 Å². The van der Waals surface area contributed by atoms with E-state index in [2.05, 4.69) is 24.8 Å². The van der Waals surface area contributed by atoms with Crippen LogP contribution in [0.3, 0.4) is 0 Å². The lowest BCUT2D eigenvalue weighted by Crippen LogP contribution is -1.43. The third-order valence-corrected chi connectivity index (χ3v) is 0. The molecule has 0 amide bonds.